The van der Waals surface area contributed by atoms with E-state index in [0.717, 1.165) is 19.6 Å². The Kier molecular flexibility index (Phi) is 13.8. The quantitative estimate of drug-likeness (QED) is 0.347. The summed E-state index contributed by atoms with van der Waals surface area (Å²) in [7, 11) is 3.41. The average molecular weight is 510 g/mol. The van der Waals surface area contributed by atoms with Crippen molar-refractivity contribution in [2.75, 3.05) is 66.7 Å². The van der Waals surface area contributed by atoms with Crippen molar-refractivity contribution in [1.29, 1.82) is 0 Å². The maximum atomic E-state index is 12.0. The molecule has 9 nitrogen and oxygen atoms in total. The predicted molar refractivity (Wildman–Crippen MR) is 141 cm³/mol. The van der Waals surface area contributed by atoms with Gasteiger partial charge in [0.15, 0.2) is 0 Å². The van der Waals surface area contributed by atoms with E-state index in [1.165, 1.54) is 15.4 Å². The maximum absolute atomic E-state index is 12.0. The molecule has 0 unspecified atom stereocenters. The number of benzene rings is 1. The molecule has 0 saturated carbocycles. The van der Waals surface area contributed by atoms with E-state index >= 15 is 0 Å². The summed E-state index contributed by atoms with van der Waals surface area (Å²) >= 11 is 0. The van der Waals surface area contributed by atoms with E-state index in [1.807, 2.05) is 59.7 Å². The van der Waals surface area contributed by atoms with E-state index in [4.69, 9.17) is 18.9 Å². The number of rotatable bonds is 14. The first-order chi connectivity index (χ1) is 16.8. The molecule has 0 saturated heterocycles. The van der Waals surface area contributed by atoms with Gasteiger partial charge >= 0.3 is 12.2 Å². The smallest absolute Gasteiger partial charge is 0.410 e. The van der Waals surface area contributed by atoms with Crippen LogP contribution in [-0.4, -0.2) is 105 Å². The molecule has 0 atom stereocenters. The third-order valence-corrected chi connectivity index (χ3v) is 4.91. The van der Waals surface area contributed by atoms with E-state index in [-0.39, 0.29) is 12.2 Å². The lowest BCUT2D eigenvalue weighted by Gasteiger charge is -2.25. The molecule has 1 aromatic carbocycles. The molecule has 9 heteroatoms. The molecule has 0 bridgehead atoms. The van der Waals surface area contributed by atoms with Crippen LogP contribution in [0.15, 0.2) is 30.3 Å². The van der Waals surface area contributed by atoms with Crippen LogP contribution in [0.3, 0.4) is 0 Å². The number of nitrogens with zero attached hydrogens (tertiary/aromatic N) is 3. The van der Waals surface area contributed by atoms with Gasteiger partial charge in [0.1, 0.15) is 11.2 Å². The van der Waals surface area contributed by atoms with Crippen molar-refractivity contribution in [3.8, 4) is 0 Å². The van der Waals surface area contributed by atoms with Gasteiger partial charge in [-0.25, -0.2) is 9.59 Å². The Morgan fingerprint density at radius 1 is 0.667 bits per heavy atom. The fourth-order valence-corrected chi connectivity index (χ4v) is 2.97. The minimum absolute atomic E-state index is 0.355. The SMILES string of the molecule is CN(CCOCCN(CCOCCN(C)C(=O)OC(C)(C)C)Cc1ccccc1)C(=O)OC(C)(C)C. The molecule has 0 N–H and O–H groups in total. The molecule has 0 fully saturated rings. The Labute approximate surface area is 217 Å². The lowest BCUT2D eigenvalue weighted by atomic mass is 10.2. The van der Waals surface area contributed by atoms with Crippen molar-refractivity contribution in [3.63, 3.8) is 0 Å². The van der Waals surface area contributed by atoms with Gasteiger partial charge in [0.05, 0.1) is 26.4 Å². The zero-order valence-corrected chi connectivity index (χ0v) is 23.5. The Bertz CT molecular complexity index is 717. The van der Waals surface area contributed by atoms with Crippen LogP contribution in [-0.2, 0) is 25.5 Å². The Morgan fingerprint density at radius 3 is 1.44 bits per heavy atom. The van der Waals surface area contributed by atoms with Gasteiger partial charge < -0.3 is 28.7 Å². The zero-order valence-electron chi connectivity index (χ0n) is 23.5. The topological polar surface area (TPSA) is 80.8 Å². The summed E-state index contributed by atoms with van der Waals surface area (Å²) in [4.78, 5) is 29.4. The molecule has 1 aromatic rings. The molecule has 0 aliphatic rings. The largest absolute Gasteiger partial charge is 0.444 e. The number of carbonyl (C=O) groups is 2. The molecule has 0 spiro atoms. The summed E-state index contributed by atoms with van der Waals surface area (Å²) in [5, 5.41) is 0. The van der Waals surface area contributed by atoms with Crippen LogP contribution in [0.1, 0.15) is 47.1 Å². The molecule has 0 radical (unpaired) electrons. The molecule has 0 heterocycles. The highest BCUT2D eigenvalue weighted by molar-refractivity contribution is 5.68. The van der Waals surface area contributed by atoms with Crippen LogP contribution in [0.25, 0.3) is 0 Å². The molecule has 1 rings (SSSR count). The van der Waals surface area contributed by atoms with Gasteiger partial charge in [0.25, 0.3) is 0 Å². The Morgan fingerprint density at radius 2 is 1.06 bits per heavy atom. The van der Waals surface area contributed by atoms with Crippen LogP contribution >= 0.6 is 0 Å². The second-order valence-electron chi connectivity index (χ2n) is 10.8. The van der Waals surface area contributed by atoms with Crippen LogP contribution in [0, 0.1) is 0 Å². The molecule has 0 aliphatic heterocycles. The van der Waals surface area contributed by atoms with Crippen LogP contribution in [0.4, 0.5) is 9.59 Å². The van der Waals surface area contributed by atoms with Crippen LogP contribution in [0.5, 0.6) is 0 Å². The Hall–Kier alpha value is -2.36. The highest BCUT2D eigenvalue weighted by Gasteiger charge is 2.20. The summed E-state index contributed by atoms with van der Waals surface area (Å²) in [5.74, 6) is 0. The predicted octanol–water partition coefficient (Wildman–Crippen LogP) is 4.26. The first kappa shape index (κ1) is 31.7. The summed E-state index contributed by atoms with van der Waals surface area (Å²) in [6, 6.07) is 10.3. The molecule has 36 heavy (non-hydrogen) atoms. The van der Waals surface area contributed by atoms with E-state index < -0.39 is 11.2 Å². The molecular weight excluding hydrogens is 462 g/mol. The molecule has 0 aromatic heterocycles. The van der Waals surface area contributed by atoms with Crippen molar-refractivity contribution >= 4 is 12.2 Å². The van der Waals surface area contributed by atoms with E-state index in [0.29, 0.717) is 39.5 Å². The van der Waals surface area contributed by atoms with E-state index in [2.05, 4.69) is 17.0 Å². The van der Waals surface area contributed by atoms with Crippen LogP contribution < -0.4 is 0 Å². The normalized spacial score (nSPS) is 11.9. The first-order valence-corrected chi connectivity index (χ1v) is 12.6. The fraction of sp³-hybridized carbons (Fsp3) is 0.704. The molecule has 2 amide bonds. The summed E-state index contributed by atoms with van der Waals surface area (Å²) in [6.07, 6.45) is -0.711. The summed E-state index contributed by atoms with van der Waals surface area (Å²) in [5.41, 5.74) is 0.182. The summed E-state index contributed by atoms with van der Waals surface area (Å²) < 4.78 is 22.3. The first-order valence-electron chi connectivity index (χ1n) is 12.6. The Balaban J connectivity index is 2.38. The minimum atomic E-state index is -0.517. The monoisotopic (exact) mass is 509 g/mol. The van der Waals surface area contributed by atoms with Gasteiger partial charge in [0, 0.05) is 46.8 Å². The highest BCUT2D eigenvalue weighted by Crippen LogP contribution is 2.10. The number of amides is 2. The lowest BCUT2D eigenvalue weighted by Crippen LogP contribution is -2.37. The van der Waals surface area contributed by atoms with E-state index in [1.54, 1.807) is 14.1 Å². The minimum Gasteiger partial charge on any atom is -0.444 e. The number of likely N-dealkylation sites (N-methyl/N-ethyl adjacent to an activating group) is 2. The summed E-state index contributed by atoms with van der Waals surface area (Å²) in [6.45, 7) is 16.2. The fourth-order valence-electron chi connectivity index (χ4n) is 2.97. The van der Waals surface area contributed by atoms with Crippen molar-refractivity contribution < 1.29 is 28.5 Å². The zero-order chi connectivity index (χ0) is 27.2. The van der Waals surface area contributed by atoms with Gasteiger partial charge in [-0.1, -0.05) is 30.3 Å². The second kappa shape index (κ2) is 15.7. The van der Waals surface area contributed by atoms with Gasteiger partial charge in [-0.15, -0.1) is 0 Å². The number of hydrogen-bond acceptors (Lipinski definition) is 7. The number of carbonyl (C=O) groups excluding carboxylic acids is 2. The standard InChI is InChI=1S/C27H47N3O6/c1-26(2,3)35-24(31)28(7)14-18-33-20-16-30(22-23-12-10-9-11-13-23)17-21-34-19-15-29(8)25(32)36-27(4,5)6/h9-13H,14-22H2,1-8H3. The van der Waals surface area contributed by atoms with Crippen molar-refractivity contribution in [1.82, 2.24) is 14.7 Å². The van der Waals surface area contributed by atoms with E-state index in [9.17, 15) is 9.59 Å². The average Bonchev–Trinajstić information content (AvgIpc) is 2.76. The van der Waals surface area contributed by atoms with Gasteiger partial charge in [-0.05, 0) is 47.1 Å². The van der Waals surface area contributed by atoms with Gasteiger partial charge in [-0.3, -0.25) is 4.90 Å². The third kappa shape index (κ3) is 15.6. The molecule has 206 valence electrons. The van der Waals surface area contributed by atoms with Gasteiger partial charge in [-0.2, -0.15) is 0 Å². The lowest BCUT2D eigenvalue weighted by molar-refractivity contribution is 0.0191. The van der Waals surface area contributed by atoms with Crippen molar-refractivity contribution in [2.45, 2.75) is 59.3 Å². The molecule has 0 aliphatic carbocycles. The van der Waals surface area contributed by atoms with Crippen molar-refractivity contribution in [2.24, 2.45) is 0 Å². The molecular formula is C27H47N3O6. The number of hydrogen-bond donors (Lipinski definition) is 0. The maximum Gasteiger partial charge on any atom is 0.410 e. The van der Waals surface area contributed by atoms with Gasteiger partial charge in [0.2, 0.25) is 0 Å². The second-order valence-corrected chi connectivity index (χ2v) is 10.8. The van der Waals surface area contributed by atoms with Crippen molar-refractivity contribution in [3.05, 3.63) is 35.9 Å². The number of ether oxygens (including phenoxy) is 4. The van der Waals surface area contributed by atoms with Crippen LogP contribution in [0.2, 0.25) is 0 Å². The third-order valence-electron chi connectivity index (χ3n) is 4.91. The highest BCUT2D eigenvalue weighted by atomic mass is 16.6.